The highest BCUT2D eigenvalue weighted by Gasteiger charge is 2.22. The lowest BCUT2D eigenvalue weighted by Gasteiger charge is -2.21. The van der Waals surface area contributed by atoms with Crippen molar-refractivity contribution in [2.75, 3.05) is 5.32 Å². The number of carbonyl (C=O) groups excluding carboxylic acids is 1. The summed E-state index contributed by atoms with van der Waals surface area (Å²) in [7, 11) is 0. The first kappa shape index (κ1) is 15.9. The van der Waals surface area contributed by atoms with E-state index >= 15 is 0 Å². The lowest BCUT2D eigenvalue weighted by atomic mass is 10.1. The minimum absolute atomic E-state index is 0.0386. The maximum atomic E-state index is 13.2. The van der Waals surface area contributed by atoms with Crippen LogP contribution < -0.4 is 11.1 Å². The predicted octanol–water partition coefficient (Wildman–Crippen LogP) is 2.26. The second-order valence-corrected chi connectivity index (χ2v) is 5.17. The molecule has 1 rings (SSSR count). The summed E-state index contributed by atoms with van der Waals surface area (Å²) in [6.45, 7) is 5.05. The molecular formula is C13H17FN2O4. The Hall–Kier alpha value is -2.15. The Kier molecular flexibility index (Phi) is 4.67. The van der Waals surface area contributed by atoms with Crippen molar-refractivity contribution >= 4 is 17.7 Å². The van der Waals surface area contributed by atoms with E-state index in [1.165, 1.54) is 6.07 Å². The van der Waals surface area contributed by atoms with Crippen LogP contribution in [0.15, 0.2) is 18.2 Å². The number of rotatable bonds is 3. The fourth-order valence-corrected chi connectivity index (χ4v) is 1.45. The molecular weight excluding hydrogens is 267 g/mol. The molecule has 0 fully saturated rings. The Labute approximate surface area is 115 Å². The fraction of sp³-hybridized carbons (Fsp3) is 0.385. The molecule has 1 atom stereocenters. The standard InChI is InChI=1S/C13H17FN2O4/c1-13(2,3)20-12(19)16-9-5-4-7(14)6-8(9)10(15)11(17)18/h4-6,10H,15H2,1-3H3,(H,16,19)(H,17,18). The average Bonchev–Trinajstić information content (AvgIpc) is 2.27. The smallest absolute Gasteiger partial charge is 0.412 e. The second kappa shape index (κ2) is 5.87. The number of carboxylic acid groups (broad SMARTS) is 1. The number of carbonyl (C=O) groups is 2. The molecule has 0 bridgehead atoms. The van der Waals surface area contributed by atoms with Gasteiger partial charge in [0.15, 0.2) is 0 Å². The third-order valence-electron chi connectivity index (χ3n) is 2.25. The highest BCUT2D eigenvalue weighted by atomic mass is 19.1. The van der Waals surface area contributed by atoms with Crippen molar-refractivity contribution < 1.29 is 23.8 Å². The van der Waals surface area contributed by atoms with Gasteiger partial charge in [0.1, 0.15) is 17.5 Å². The monoisotopic (exact) mass is 284 g/mol. The molecule has 0 heterocycles. The summed E-state index contributed by atoms with van der Waals surface area (Å²) in [6, 6.07) is 1.84. The summed E-state index contributed by atoms with van der Waals surface area (Å²) in [4.78, 5) is 22.5. The van der Waals surface area contributed by atoms with E-state index < -0.39 is 29.5 Å². The summed E-state index contributed by atoms with van der Waals surface area (Å²) in [6.07, 6.45) is -0.775. The maximum Gasteiger partial charge on any atom is 0.412 e. The van der Waals surface area contributed by atoms with Crippen molar-refractivity contribution in [3.05, 3.63) is 29.6 Å². The Morgan fingerprint density at radius 3 is 2.50 bits per heavy atom. The molecule has 110 valence electrons. The van der Waals surface area contributed by atoms with Gasteiger partial charge in [0.25, 0.3) is 0 Å². The predicted molar refractivity (Wildman–Crippen MR) is 70.8 cm³/mol. The summed E-state index contributed by atoms with van der Waals surface area (Å²) in [5, 5.41) is 11.2. The van der Waals surface area contributed by atoms with Crippen LogP contribution in [0.3, 0.4) is 0 Å². The number of aliphatic carboxylic acids is 1. The molecule has 1 aromatic rings. The number of anilines is 1. The molecule has 20 heavy (non-hydrogen) atoms. The molecule has 1 aromatic carbocycles. The van der Waals surface area contributed by atoms with Crippen LogP contribution in [-0.4, -0.2) is 22.8 Å². The Balaban J connectivity index is 3.00. The summed E-state index contributed by atoms with van der Waals surface area (Å²) < 4.78 is 18.2. The molecule has 6 nitrogen and oxygen atoms in total. The van der Waals surface area contributed by atoms with E-state index in [4.69, 9.17) is 15.6 Å². The molecule has 7 heteroatoms. The molecule has 1 unspecified atom stereocenters. The van der Waals surface area contributed by atoms with Gasteiger partial charge in [0.05, 0.1) is 0 Å². The van der Waals surface area contributed by atoms with Gasteiger partial charge in [-0.05, 0) is 39.0 Å². The third kappa shape index (κ3) is 4.51. The largest absolute Gasteiger partial charge is 0.480 e. The Morgan fingerprint density at radius 2 is 2.00 bits per heavy atom. The van der Waals surface area contributed by atoms with Crippen LogP contribution in [0.1, 0.15) is 32.4 Å². The normalized spacial score (nSPS) is 12.7. The lowest BCUT2D eigenvalue weighted by molar-refractivity contribution is -0.138. The van der Waals surface area contributed by atoms with E-state index in [0.717, 1.165) is 12.1 Å². The van der Waals surface area contributed by atoms with Crippen molar-refractivity contribution in [3.8, 4) is 0 Å². The van der Waals surface area contributed by atoms with Gasteiger partial charge in [0.2, 0.25) is 0 Å². The van der Waals surface area contributed by atoms with E-state index in [2.05, 4.69) is 5.32 Å². The Morgan fingerprint density at radius 1 is 1.40 bits per heavy atom. The van der Waals surface area contributed by atoms with Crippen LogP contribution in [-0.2, 0) is 9.53 Å². The van der Waals surface area contributed by atoms with Crippen LogP contribution in [0, 0.1) is 5.82 Å². The quantitative estimate of drug-likeness (QED) is 0.790. The van der Waals surface area contributed by atoms with Crippen LogP contribution in [0.4, 0.5) is 14.9 Å². The van der Waals surface area contributed by atoms with Crippen molar-refractivity contribution in [3.63, 3.8) is 0 Å². The van der Waals surface area contributed by atoms with Gasteiger partial charge in [-0.3, -0.25) is 10.1 Å². The zero-order chi connectivity index (χ0) is 15.5. The van der Waals surface area contributed by atoms with Crippen molar-refractivity contribution in [1.82, 2.24) is 0 Å². The van der Waals surface area contributed by atoms with E-state index in [1.807, 2.05) is 0 Å². The Bertz CT molecular complexity index is 526. The zero-order valence-corrected chi connectivity index (χ0v) is 11.4. The number of nitrogens with one attached hydrogen (secondary N) is 1. The zero-order valence-electron chi connectivity index (χ0n) is 11.4. The number of hydrogen-bond acceptors (Lipinski definition) is 4. The van der Waals surface area contributed by atoms with Gasteiger partial charge in [-0.15, -0.1) is 0 Å². The van der Waals surface area contributed by atoms with E-state index in [1.54, 1.807) is 20.8 Å². The van der Waals surface area contributed by atoms with Crippen molar-refractivity contribution in [2.45, 2.75) is 32.4 Å². The van der Waals surface area contributed by atoms with Crippen LogP contribution in [0.2, 0.25) is 0 Å². The van der Waals surface area contributed by atoms with Crippen molar-refractivity contribution in [2.24, 2.45) is 5.73 Å². The lowest BCUT2D eigenvalue weighted by Crippen LogP contribution is -2.28. The number of benzene rings is 1. The van der Waals surface area contributed by atoms with Crippen LogP contribution in [0.25, 0.3) is 0 Å². The molecule has 0 saturated carbocycles. The first-order chi connectivity index (χ1) is 9.10. The molecule has 0 saturated heterocycles. The van der Waals surface area contributed by atoms with Crippen molar-refractivity contribution in [1.29, 1.82) is 0 Å². The van der Waals surface area contributed by atoms with Gasteiger partial charge in [-0.25, -0.2) is 9.18 Å². The minimum Gasteiger partial charge on any atom is -0.480 e. The molecule has 0 aliphatic heterocycles. The molecule has 0 aliphatic rings. The molecule has 0 aromatic heterocycles. The second-order valence-electron chi connectivity index (χ2n) is 5.17. The highest BCUT2D eigenvalue weighted by Crippen LogP contribution is 2.23. The fourth-order valence-electron chi connectivity index (χ4n) is 1.45. The molecule has 0 spiro atoms. The number of ether oxygens (including phenoxy) is 1. The topological polar surface area (TPSA) is 102 Å². The summed E-state index contributed by atoms with van der Waals surface area (Å²) in [5.74, 6) is -1.98. The first-order valence-corrected chi connectivity index (χ1v) is 5.88. The van der Waals surface area contributed by atoms with E-state index in [9.17, 15) is 14.0 Å². The van der Waals surface area contributed by atoms with Gasteiger partial charge in [0, 0.05) is 11.3 Å². The average molecular weight is 284 g/mol. The molecule has 0 radical (unpaired) electrons. The minimum atomic E-state index is -1.45. The molecule has 0 aliphatic carbocycles. The number of amides is 1. The van der Waals surface area contributed by atoms with Gasteiger partial charge < -0.3 is 15.6 Å². The molecule has 1 amide bonds. The van der Waals surface area contributed by atoms with Crippen LogP contribution >= 0.6 is 0 Å². The van der Waals surface area contributed by atoms with Gasteiger partial charge >= 0.3 is 12.1 Å². The number of hydrogen-bond donors (Lipinski definition) is 3. The number of carboxylic acids is 1. The van der Waals surface area contributed by atoms with Gasteiger partial charge in [-0.2, -0.15) is 0 Å². The highest BCUT2D eigenvalue weighted by molar-refractivity contribution is 5.88. The number of halogens is 1. The number of nitrogens with two attached hydrogens (primary N) is 1. The first-order valence-electron chi connectivity index (χ1n) is 5.88. The van der Waals surface area contributed by atoms with E-state index in [-0.39, 0.29) is 11.3 Å². The third-order valence-corrected chi connectivity index (χ3v) is 2.25. The van der Waals surface area contributed by atoms with Gasteiger partial charge in [-0.1, -0.05) is 0 Å². The van der Waals surface area contributed by atoms with E-state index in [0.29, 0.717) is 0 Å². The SMILES string of the molecule is CC(C)(C)OC(=O)Nc1ccc(F)cc1C(N)C(=O)O. The van der Waals surface area contributed by atoms with Crippen LogP contribution in [0.5, 0.6) is 0 Å². The molecule has 4 N–H and O–H groups in total. The maximum absolute atomic E-state index is 13.2. The summed E-state index contributed by atoms with van der Waals surface area (Å²) in [5.41, 5.74) is 4.80. The summed E-state index contributed by atoms with van der Waals surface area (Å²) >= 11 is 0.